The number of piperazine rings is 1. The third-order valence-electron chi connectivity index (χ3n) is 4.08. The van der Waals surface area contributed by atoms with Crippen molar-refractivity contribution in [2.45, 2.75) is 25.8 Å². The monoisotopic (exact) mass is 282 g/mol. The van der Waals surface area contributed by atoms with Crippen LogP contribution in [0.3, 0.4) is 0 Å². The standard InChI is InChI=1S/C15H22N2O.ClH/c1-12-11-16-6-8-17(12)7-4-13-2-3-15-14(10-13)5-9-18-15;/h2-3,10,12,16H,4-9,11H2,1H3;1H/t12-;/m0./s1. The van der Waals surface area contributed by atoms with Gasteiger partial charge in [0, 0.05) is 38.6 Å². The predicted octanol–water partition coefficient (Wildman–Crippen LogP) is 1.88. The van der Waals surface area contributed by atoms with E-state index in [1.54, 1.807) is 0 Å². The van der Waals surface area contributed by atoms with Crippen LogP contribution < -0.4 is 10.1 Å². The van der Waals surface area contributed by atoms with Crippen LogP contribution in [-0.4, -0.2) is 43.7 Å². The molecule has 3 nitrogen and oxygen atoms in total. The van der Waals surface area contributed by atoms with Gasteiger partial charge in [-0.25, -0.2) is 0 Å². The van der Waals surface area contributed by atoms with Gasteiger partial charge in [-0.05, 0) is 30.5 Å². The quantitative estimate of drug-likeness (QED) is 0.916. The van der Waals surface area contributed by atoms with Gasteiger partial charge in [0.15, 0.2) is 0 Å². The molecule has 0 bridgehead atoms. The molecule has 4 heteroatoms. The molecule has 2 aliphatic rings. The molecule has 0 aromatic heterocycles. The molecule has 3 rings (SSSR count). The summed E-state index contributed by atoms with van der Waals surface area (Å²) in [5.41, 5.74) is 2.84. The Bertz CT molecular complexity index is 425. The Morgan fingerprint density at radius 2 is 2.32 bits per heavy atom. The summed E-state index contributed by atoms with van der Waals surface area (Å²) in [6.07, 6.45) is 2.23. The fourth-order valence-electron chi connectivity index (χ4n) is 2.88. The van der Waals surface area contributed by atoms with Crippen molar-refractivity contribution in [3.63, 3.8) is 0 Å². The highest BCUT2D eigenvalue weighted by molar-refractivity contribution is 5.85. The third-order valence-corrected chi connectivity index (χ3v) is 4.08. The number of benzene rings is 1. The Kier molecular flexibility index (Phi) is 5.08. The molecule has 1 aromatic rings. The maximum atomic E-state index is 5.55. The van der Waals surface area contributed by atoms with E-state index in [0.717, 1.165) is 38.3 Å². The van der Waals surface area contributed by atoms with Crippen LogP contribution in [0.5, 0.6) is 5.75 Å². The second-order valence-corrected chi connectivity index (χ2v) is 5.38. The number of nitrogens with zero attached hydrogens (tertiary/aromatic N) is 1. The molecule has 0 spiro atoms. The molecule has 1 fully saturated rings. The lowest BCUT2D eigenvalue weighted by atomic mass is 10.1. The first-order valence-corrected chi connectivity index (χ1v) is 7.02. The smallest absolute Gasteiger partial charge is 0.122 e. The zero-order chi connectivity index (χ0) is 12.4. The van der Waals surface area contributed by atoms with E-state index in [9.17, 15) is 0 Å². The zero-order valence-corrected chi connectivity index (χ0v) is 12.3. The Balaban J connectivity index is 0.00000133. The van der Waals surface area contributed by atoms with Crippen LogP contribution in [0.15, 0.2) is 18.2 Å². The van der Waals surface area contributed by atoms with Crippen LogP contribution in [0.1, 0.15) is 18.1 Å². The van der Waals surface area contributed by atoms with Gasteiger partial charge in [-0.3, -0.25) is 4.90 Å². The van der Waals surface area contributed by atoms with E-state index in [0.29, 0.717) is 6.04 Å². The Morgan fingerprint density at radius 1 is 1.42 bits per heavy atom. The molecule has 0 amide bonds. The van der Waals surface area contributed by atoms with Crippen LogP contribution in [-0.2, 0) is 12.8 Å². The van der Waals surface area contributed by atoms with Gasteiger partial charge in [0.05, 0.1) is 6.61 Å². The molecule has 1 aromatic carbocycles. The third kappa shape index (κ3) is 3.41. The van der Waals surface area contributed by atoms with Gasteiger partial charge in [-0.15, -0.1) is 12.4 Å². The molecule has 0 radical (unpaired) electrons. The molecular weight excluding hydrogens is 260 g/mol. The maximum absolute atomic E-state index is 5.55. The van der Waals surface area contributed by atoms with Crippen LogP contribution in [0.4, 0.5) is 0 Å². The Hall–Kier alpha value is -0.770. The van der Waals surface area contributed by atoms with Gasteiger partial charge in [0.1, 0.15) is 5.75 Å². The molecular formula is C15H23ClN2O. The molecule has 1 atom stereocenters. The largest absolute Gasteiger partial charge is 0.493 e. The summed E-state index contributed by atoms with van der Waals surface area (Å²) in [6, 6.07) is 7.35. The number of nitrogens with one attached hydrogen (secondary N) is 1. The first-order chi connectivity index (χ1) is 8.83. The number of ether oxygens (including phenoxy) is 1. The lowest BCUT2D eigenvalue weighted by molar-refractivity contribution is 0.176. The van der Waals surface area contributed by atoms with E-state index in [1.165, 1.54) is 24.2 Å². The van der Waals surface area contributed by atoms with Crippen LogP contribution in [0.2, 0.25) is 0 Å². The minimum absolute atomic E-state index is 0. The lowest BCUT2D eigenvalue weighted by Crippen LogP contribution is -2.50. The average Bonchev–Trinajstić information content (AvgIpc) is 2.85. The molecule has 2 aliphatic heterocycles. The van der Waals surface area contributed by atoms with E-state index >= 15 is 0 Å². The van der Waals surface area contributed by atoms with E-state index in [2.05, 4.69) is 35.3 Å². The van der Waals surface area contributed by atoms with Gasteiger partial charge >= 0.3 is 0 Å². The zero-order valence-electron chi connectivity index (χ0n) is 11.5. The molecule has 106 valence electrons. The van der Waals surface area contributed by atoms with E-state index in [-0.39, 0.29) is 12.4 Å². The normalized spacial score (nSPS) is 22.5. The predicted molar refractivity (Wildman–Crippen MR) is 80.5 cm³/mol. The first-order valence-electron chi connectivity index (χ1n) is 7.02. The van der Waals surface area contributed by atoms with E-state index < -0.39 is 0 Å². The number of halogens is 1. The molecule has 19 heavy (non-hydrogen) atoms. The first kappa shape index (κ1) is 14.6. The SMILES string of the molecule is C[C@H]1CNCCN1CCc1ccc2c(c1)CCO2.Cl. The van der Waals surface area contributed by atoms with Crippen molar-refractivity contribution >= 4 is 12.4 Å². The van der Waals surface area contributed by atoms with Crippen molar-refractivity contribution in [3.8, 4) is 5.75 Å². The minimum atomic E-state index is 0. The fraction of sp³-hybridized carbons (Fsp3) is 0.600. The molecule has 0 saturated carbocycles. The van der Waals surface area contributed by atoms with Gasteiger partial charge in [0.2, 0.25) is 0 Å². The van der Waals surface area contributed by atoms with Crippen molar-refractivity contribution in [1.82, 2.24) is 10.2 Å². The Labute approximate surface area is 121 Å². The highest BCUT2D eigenvalue weighted by Crippen LogP contribution is 2.26. The van der Waals surface area contributed by atoms with Crippen LogP contribution >= 0.6 is 12.4 Å². The van der Waals surface area contributed by atoms with Crippen LogP contribution in [0.25, 0.3) is 0 Å². The summed E-state index contributed by atoms with van der Waals surface area (Å²) in [4.78, 5) is 2.58. The van der Waals surface area contributed by atoms with Gasteiger partial charge in [-0.2, -0.15) is 0 Å². The number of hydrogen-bond acceptors (Lipinski definition) is 3. The van der Waals surface area contributed by atoms with E-state index in [1.807, 2.05) is 0 Å². The number of fused-ring (bicyclic) bond motifs is 1. The lowest BCUT2D eigenvalue weighted by Gasteiger charge is -2.33. The van der Waals surface area contributed by atoms with E-state index in [4.69, 9.17) is 4.74 Å². The highest BCUT2D eigenvalue weighted by Gasteiger charge is 2.17. The fourth-order valence-corrected chi connectivity index (χ4v) is 2.88. The molecule has 2 heterocycles. The summed E-state index contributed by atoms with van der Waals surface area (Å²) in [5, 5.41) is 3.44. The van der Waals surface area contributed by atoms with Gasteiger partial charge < -0.3 is 10.1 Å². The summed E-state index contributed by atoms with van der Waals surface area (Å²) < 4.78 is 5.55. The van der Waals surface area contributed by atoms with Crippen molar-refractivity contribution in [2.75, 3.05) is 32.8 Å². The van der Waals surface area contributed by atoms with Crippen molar-refractivity contribution in [1.29, 1.82) is 0 Å². The summed E-state index contributed by atoms with van der Waals surface area (Å²) >= 11 is 0. The topological polar surface area (TPSA) is 24.5 Å². The number of rotatable bonds is 3. The second-order valence-electron chi connectivity index (χ2n) is 5.38. The highest BCUT2D eigenvalue weighted by atomic mass is 35.5. The molecule has 1 N–H and O–H groups in total. The van der Waals surface area contributed by atoms with Crippen molar-refractivity contribution in [2.24, 2.45) is 0 Å². The van der Waals surface area contributed by atoms with Gasteiger partial charge in [-0.1, -0.05) is 12.1 Å². The summed E-state index contributed by atoms with van der Waals surface area (Å²) in [6.45, 7) is 7.76. The Morgan fingerprint density at radius 3 is 3.16 bits per heavy atom. The molecule has 0 unspecified atom stereocenters. The second kappa shape index (κ2) is 6.60. The van der Waals surface area contributed by atoms with Crippen molar-refractivity contribution < 1.29 is 4.74 Å². The van der Waals surface area contributed by atoms with Crippen molar-refractivity contribution in [3.05, 3.63) is 29.3 Å². The molecule has 1 saturated heterocycles. The maximum Gasteiger partial charge on any atom is 0.122 e. The summed E-state index contributed by atoms with van der Waals surface area (Å²) in [5.74, 6) is 1.09. The summed E-state index contributed by atoms with van der Waals surface area (Å²) in [7, 11) is 0. The minimum Gasteiger partial charge on any atom is -0.493 e. The molecule has 0 aliphatic carbocycles. The van der Waals surface area contributed by atoms with Crippen LogP contribution in [0, 0.1) is 0 Å². The number of hydrogen-bond donors (Lipinski definition) is 1. The van der Waals surface area contributed by atoms with Gasteiger partial charge in [0.25, 0.3) is 0 Å². The average molecular weight is 283 g/mol.